The van der Waals surface area contributed by atoms with Crippen molar-refractivity contribution < 1.29 is 19.0 Å². The number of hydrogen-bond acceptors (Lipinski definition) is 3. The van der Waals surface area contributed by atoms with Gasteiger partial charge in [0, 0.05) is 7.05 Å². The van der Waals surface area contributed by atoms with Crippen molar-refractivity contribution in [1.29, 1.82) is 0 Å². The quantitative estimate of drug-likeness (QED) is 0.825. The van der Waals surface area contributed by atoms with Crippen LogP contribution in [0.15, 0.2) is 48.5 Å². The lowest BCUT2D eigenvalue weighted by atomic mass is 9.92. The molecule has 0 heterocycles. The number of methoxy groups -OCH3 is 1. The molecule has 2 aromatic rings. The number of carbonyl (C=O) groups is 1. The molecule has 2 unspecified atom stereocenters. The maximum Gasteiger partial charge on any atom is 0.230 e. The minimum Gasteiger partial charge on any atom is -0.497 e. The molecular formula is C21H24FNO3. The van der Waals surface area contributed by atoms with Crippen molar-refractivity contribution in [2.75, 3.05) is 20.7 Å². The van der Waals surface area contributed by atoms with Gasteiger partial charge in [-0.05, 0) is 54.2 Å². The Morgan fingerprint density at radius 3 is 2.27 bits per heavy atom. The number of nitrogens with zero attached hydrogens (tertiary/aromatic N) is 1. The Hall–Kier alpha value is -2.40. The van der Waals surface area contributed by atoms with Gasteiger partial charge in [0.25, 0.3) is 0 Å². The highest BCUT2D eigenvalue weighted by Gasteiger charge is 2.38. The van der Waals surface area contributed by atoms with Crippen LogP contribution in [0.25, 0.3) is 0 Å². The average molecular weight is 357 g/mol. The summed E-state index contributed by atoms with van der Waals surface area (Å²) in [5.41, 5.74) is 1.57. The van der Waals surface area contributed by atoms with Crippen LogP contribution in [0.5, 0.6) is 5.75 Å². The largest absolute Gasteiger partial charge is 0.497 e. The summed E-state index contributed by atoms with van der Waals surface area (Å²) >= 11 is 0. The molecule has 1 saturated carbocycles. The van der Waals surface area contributed by atoms with Crippen molar-refractivity contribution in [3.8, 4) is 5.75 Å². The van der Waals surface area contributed by atoms with E-state index in [4.69, 9.17) is 4.74 Å². The predicted octanol–water partition coefficient (Wildman–Crippen LogP) is 3.52. The van der Waals surface area contributed by atoms with E-state index in [1.165, 1.54) is 12.1 Å². The number of carbonyl (C=O) groups excluding carboxylic acids is 1. The van der Waals surface area contributed by atoms with Crippen LogP contribution in [0, 0.1) is 11.7 Å². The van der Waals surface area contributed by atoms with E-state index in [2.05, 4.69) is 0 Å². The molecule has 1 amide bonds. The summed E-state index contributed by atoms with van der Waals surface area (Å²) in [4.78, 5) is 14.5. The Kier molecular flexibility index (Phi) is 5.57. The number of aliphatic hydroxyl groups excluding tert-OH is 1. The van der Waals surface area contributed by atoms with Crippen LogP contribution in [0.1, 0.15) is 36.0 Å². The zero-order chi connectivity index (χ0) is 18.7. The van der Waals surface area contributed by atoms with Gasteiger partial charge in [0.1, 0.15) is 11.6 Å². The van der Waals surface area contributed by atoms with E-state index in [0.717, 1.165) is 29.7 Å². The number of hydrogen-bond donors (Lipinski definition) is 1. The van der Waals surface area contributed by atoms with E-state index in [9.17, 15) is 14.3 Å². The van der Waals surface area contributed by atoms with Gasteiger partial charge in [0.15, 0.2) is 0 Å². The number of benzene rings is 2. The van der Waals surface area contributed by atoms with Crippen LogP contribution >= 0.6 is 0 Å². The van der Waals surface area contributed by atoms with Crippen LogP contribution < -0.4 is 4.74 Å². The van der Waals surface area contributed by atoms with Gasteiger partial charge in [-0.1, -0.05) is 24.3 Å². The van der Waals surface area contributed by atoms with Crippen molar-refractivity contribution in [2.24, 2.45) is 5.92 Å². The molecule has 0 spiro atoms. The topological polar surface area (TPSA) is 49.8 Å². The third-order valence-corrected chi connectivity index (χ3v) is 4.91. The lowest BCUT2D eigenvalue weighted by molar-refractivity contribution is -0.133. The SMILES string of the molecule is COc1ccc(C(O)CN(C)C(=O)C(c2ccc(F)cc2)C2CC2)cc1. The molecule has 26 heavy (non-hydrogen) atoms. The zero-order valence-corrected chi connectivity index (χ0v) is 15.1. The van der Waals surface area contributed by atoms with E-state index in [-0.39, 0.29) is 24.2 Å². The van der Waals surface area contributed by atoms with Crippen molar-refractivity contribution in [3.05, 3.63) is 65.5 Å². The summed E-state index contributed by atoms with van der Waals surface area (Å²) in [6.07, 6.45) is 1.23. The third kappa shape index (κ3) is 4.22. The van der Waals surface area contributed by atoms with Crippen molar-refractivity contribution in [2.45, 2.75) is 24.9 Å². The molecule has 3 rings (SSSR count). The number of likely N-dealkylation sites (N-methyl/N-ethyl adjacent to an activating group) is 1. The van der Waals surface area contributed by atoms with Crippen molar-refractivity contribution in [1.82, 2.24) is 4.90 Å². The second-order valence-corrected chi connectivity index (χ2v) is 6.87. The Bertz CT molecular complexity index is 741. The molecule has 1 aliphatic carbocycles. The van der Waals surface area contributed by atoms with Crippen LogP contribution in [0.4, 0.5) is 4.39 Å². The number of rotatable bonds is 7. The summed E-state index contributed by atoms with van der Waals surface area (Å²) in [7, 11) is 3.29. The van der Waals surface area contributed by atoms with Crippen molar-refractivity contribution >= 4 is 5.91 Å². The molecule has 2 atom stereocenters. The van der Waals surface area contributed by atoms with E-state index in [1.54, 1.807) is 55.5 Å². The minimum atomic E-state index is -0.775. The predicted molar refractivity (Wildman–Crippen MR) is 97.5 cm³/mol. The van der Waals surface area contributed by atoms with Crippen LogP contribution in [0.3, 0.4) is 0 Å². The molecule has 1 aliphatic rings. The fraction of sp³-hybridized carbons (Fsp3) is 0.381. The maximum atomic E-state index is 13.2. The molecule has 0 aromatic heterocycles. The molecular weight excluding hydrogens is 333 g/mol. The number of ether oxygens (including phenoxy) is 1. The lowest BCUT2D eigenvalue weighted by Crippen LogP contribution is -2.35. The van der Waals surface area contributed by atoms with Crippen molar-refractivity contribution in [3.63, 3.8) is 0 Å². The normalized spacial score (nSPS) is 16.0. The highest BCUT2D eigenvalue weighted by atomic mass is 19.1. The molecule has 2 aromatic carbocycles. The summed E-state index contributed by atoms with van der Waals surface area (Å²) in [5, 5.41) is 10.5. The molecule has 0 saturated heterocycles. The summed E-state index contributed by atoms with van der Waals surface area (Å²) in [5.74, 6) is 0.401. The maximum absolute atomic E-state index is 13.2. The molecule has 5 heteroatoms. The molecule has 0 radical (unpaired) electrons. The van der Waals surface area contributed by atoms with Gasteiger partial charge in [-0.2, -0.15) is 0 Å². The zero-order valence-electron chi connectivity index (χ0n) is 15.1. The second-order valence-electron chi connectivity index (χ2n) is 6.87. The van der Waals surface area contributed by atoms with Crippen LogP contribution in [-0.4, -0.2) is 36.6 Å². The van der Waals surface area contributed by atoms with Gasteiger partial charge >= 0.3 is 0 Å². The molecule has 0 aliphatic heterocycles. The highest BCUT2D eigenvalue weighted by Crippen LogP contribution is 2.43. The third-order valence-electron chi connectivity index (χ3n) is 4.91. The molecule has 1 N–H and O–H groups in total. The van der Waals surface area contributed by atoms with E-state index >= 15 is 0 Å². The fourth-order valence-corrected chi connectivity index (χ4v) is 3.23. The summed E-state index contributed by atoms with van der Waals surface area (Å²) < 4.78 is 18.3. The highest BCUT2D eigenvalue weighted by molar-refractivity contribution is 5.84. The summed E-state index contributed by atoms with van der Waals surface area (Å²) in [6, 6.07) is 13.3. The van der Waals surface area contributed by atoms with Gasteiger partial charge in [-0.3, -0.25) is 4.79 Å². The van der Waals surface area contributed by atoms with E-state index < -0.39 is 6.10 Å². The number of amides is 1. The Morgan fingerprint density at radius 2 is 1.73 bits per heavy atom. The Labute approximate surface area is 153 Å². The first-order valence-electron chi connectivity index (χ1n) is 8.82. The first-order valence-corrected chi connectivity index (χ1v) is 8.82. The van der Waals surface area contributed by atoms with E-state index in [0.29, 0.717) is 5.92 Å². The summed E-state index contributed by atoms with van der Waals surface area (Å²) in [6.45, 7) is 0.204. The monoisotopic (exact) mass is 357 g/mol. The molecule has 1 fully saturated rings. The standard InChI is InChI=1S/C21H24FNO3/c1-23(13-19(24)14-7-11-18(26-2)12-8-14)21(25)20(15-3-4-15)16-5-9-17(22)10-6-16/h5-12,15,19-20,24H,3-4,13H2,1-2H3. The first kappa shape index (κ1) is 18.4. The van der Waals surface area contributed by atoms with E-state index in [1.807, 2.05) is 0 Å². The van der Waals surface area contributed by atoms with Gasteiger partial charge in [0.2, 0.25) is 5.91 Å². The Morgan fingerprint density at radius 1 is 1.15 bits per heavy atom. The van der Waals surface area contributed by atoms with Crippen LogP contribution in [-0.2, 0) is 4.79 Å². The minimum absolute atomic E-state index is 0.0355. The molecule has 0 bridgehead atoms. The van der Waals surface area contributed by atoms with Gasteiger partial charge < -0.3 is 14.7 Å². The molecule has 138 valence electrons. The van der Waals surface area contributed by atoms with Gasteiger partial charge in [-0.25, -0.2) is 4.39 Å². The lowest BCUT2D eigenvalue weighted by Gasteiger charge is -2.26. The Balaban J connectivity index is 1.69. The van der Waals surface area contributed by atoms with Gasteiger partial charge in [0.05, 0.1) is 25.7 Å². The average Bonchev–Trinajstić information content (AvgIpc) is 3.48. The number of halogens is 1. The first-order chi connectivity index (χ1) is 12.5. The second kappa shape index (κ2) is 7.87. The van der Waals surface area contributed by atoms with Gasteiger partial charge in [-0.15, -0.1) is 0 Å². The van der Waals surface area contributed by atoms with Crippen LogP contribution in [0.2, 0.25) is 0 Å². The fourth-order valence-electron chi connectivity index (χ4n) is 3.23. The smallest absolute Gasteiger partial charge is 0.230 e. The number of aliphatic hydroxyl groups is 1. The molecule has 4 nitrogen and oxygen atoms in total.